The molecule has 0 aromatic heterocycles. The lowest BCUT2D eigenvalue weighted by atomic mass is 9.89. The third kappa shape index (κ3) is 7.74. The molecule has 1 saturated carbocycles. The number of carbonyl (C=O) groups is 2. The molecule has 2 heterocycles. The van der Waals surface area contributed by atoms with Gasteiger partial charge >= 0.3 is 0 Å². The quantitative estimate of drug-likeness (QED) is 0.246. The van der Waals surface area contributed by atoms with Crippen LogP contribution in [0.15, 0.2) is 78.6 Å². The van der Waals surface area contributed by atoms with E-state index in [1.165, 1.54) is 17.7 Å². The molecule has 2 unspecified atom stereocenters. The van der Waals surface area contributed by atoms with Crippen molar-refractivity contribution in [2.45, 2.75) is 57.7 Å². The summed E-state index contributed by atoms with van der Waals surface area (Å²) in [5.74, 6) is -0.00957. The topological polar surface area (TPSA) is 65.1 Å². The van der Waals surface area contributed by atoms with Crippen LogP contribution in [0.1, 0.15) is 59.2 Å². The van der Waals surface area contributed by atoms with Gasteiger partial charge in [-0.15, -0.1) is 0 Å². The molecule has 0 radical (unpaired) electrons. The Bertz CT molecular complexity index is 1480. The van der Waals surface area contributed by atoms with Gasteiger partial charge in [0.05, 0.1) is 6.04 Å². The first-order chi connectivity index (χ1) is 21.9. The molecular weight excluding hydrogens is 567 g/mol. The van der Waals surface area contributed by atoms with Crippen LogP contribution < -0.4 is 10.2 Å². The lowest BCUT2D eigenvalue weighted by molar-refractivity contribution is -0.149. The van der Waals surface area contributed by atoms with Gasteiger partial charge in [-0.25, -0.2) is 4.39 Å². The summed E-state index contributed by atoms with van der Waals surface area (Å²) >= 11 is 0. The van der Waals surface area contributed by atoms with Crippen molar-refractivity contribution in [3.05, 3.63) is 107 Å². The zero-order chi connectivity index (χ0) is 31.2. The Kier molecular flexibility index (Phi) is 9.79. The van der Waals surface area contributed by atoms with Crippen molar-refractivity contribution in [1.82, 2.24) is 15.1 Å². The van der Waals surface area contributed by atoms with Crippen LogP contribution in [0.3, 0.4) is 0 Å². The molecular formula is C37H43FN4O3. The number of ether oxygens (including phenoxy) is 1. The maximum Gasteiger partial charge on any atom is 0.289 e. The number of fused-ring (bicyclic) bond motifs is 1. The molecule has 45 heavy (non-hydrogen) atoms. The van der Waals surface area contributed by atoms with E-state index < -0.39 is 0 Å². The zero-order valence-corrected chi connectivity index (χ0v) is 26.1. The minimum atomic E-state index is -0.211. The van der Waals surface area contributed by atoms with Gasteiger partial charge in [0, 0.05) is 50.5 Å². The van der Waals surface area contributed by atoms with Gasteiger partial charge in [0.1, 0.15) is 11.9 Å². The molecule has 2 aliphatic heterocycles. The monoisotopic (exact) mass is 610 g/mol. The normalized spacial score (nSPS) is 21.4. The van der Waals surface area contributed by atoms with E-state index in [2.05, 4.69) is 46.3 Å². The number of hydrogen-bond donors (Lipinski definition) is 1. The molecule has 7 nitrogen and oxygen atoms in total. The highest BCUT2D eigenvalue weighted by atomic mass is 19.1. The van der Waals surface area contributed by atoms with E-state index in [1.54, 1.807) is 12.1 Å². The first-order valence-electron chi connectivity index (χ1n) is 16.3. The average molecular weight is 611 g/mol. The number of amides is 2. The Hall–Kier alpha value is -4.17. The summed E-state index contributed by atoms with van der Waals surface area (Å²) in [5, 5.41) is 3.04. The average Bonchev–Trinajstić information content (AvgIpc) is 3.07. The summed E-state index contributed by atoms with van der Waals surface area (Å²) in [5.41, 5.74) is 4.81. The van der Waals surface area contributed by atoms with Gasteiger partial charge in [-0.05, 0) is 92.8 Å². The van der Waals surface area contributed by atoms with Gasteiger partial charge in [0.2, 0.25) is 0 Å². The highest BCUT2D eigenvalue weighted by molar-refractivity contribution is 5.97. The number of rotatable bonds is 9. The molecule has 3 aromatic carbocycles. The van der Waals surface area contributed by atoms with E-state index in [9.17, 15) is 14.0 Å². The molecule has 0 spiro atoms. The third-order valence-corrected chi connectivity index (χ3v) is 9.26. The molecule has 2 amide bonds. The first kappa shape index (κ1) is 30.8. The second kappa shape index (κ2) is 14.3. The second-order valence-corrected chi connectivity index (χ2v) is 12.5. The number of carbonyl (C=O) groups excluding carboxylic acids is 2. The minimum absolute atomic E-state index is 0.0110. The maximum absolute atomic E-state index is 13.6. The van der Waals surface area contributed by atoms with Gasteiger partial charge < -0.3 is 19.9 Å². The number of benzene rings is 3. The SMILES string of the molecule is Cc1ccc(CN2C(=O)/C(=C\c3ccc(C(=O)NCCCN4CCN(c5ccc(F)cc5)CC4)cc3)OC3CCCCC32)cc1. The summed E-state index contributed by atoms with van der Waals surface area (Å²) in [6.07, 6.45) is 6.83. The molecule has 3 aliphatic rings. The van der Waals surface area contributed by atoms with Gasteiger partial charge in [-0.3, -0.25) is 14.5 Å². The van der Waals surface area contributed by atoms with Crippen molar-refractivity contribution in [2.75, 3.05) is 44.2 Å². The van der Waals surface area contributed by atoms with Crippen molar-refractivity contribution in [1.29, 1.82) is 0 Å². The Morgan fingerprint density at radius 3 is 2.38 bits per heavy atom. The maximum atomic E-state index is 13.6. The number of nitrogens with one attached hydrogen (secondary N) is 1. The van der Waals surface area contributed by atoms with Crippen LogP contribution in [-0.2, 0) is 16.1 Å². The largest absolute Gasteiger partial charge is 0.482 e. The van der Waals surface area contributed by atoms with Crippen molar-refractivity contribution in [3.8, 4) is 0 Å². The first-order valence-corrected chi connectivity index (χ1v) is 16.3. The fourth-order valence-corrected chi connectivity index (χ4v) is 6.62. The number of piperazine rings is 1. The lowest BCUT2D eigenvalue weighted by Gasteiger charge is -2.44. The van der Waals surface area contributed by atoms with Crippen molar-refractivity contribution in [3.63, 3.8) is 0 Å². The van der Waals surface area contributed by atoms with E-state index in [-0.39, 0.29) is 29.8 Å². The standard InChI is InChI=1S/C37H43FN4O3/c1-27-7-9-29(10-8-27)26-42-33-5-2-3-6-34(33)45-35(37(42)44)25-28-11-13-30(14-12-28)36(43)39-19-4-20-40-21-23-41(24-22-40)32-17-15-31(38)16-18-32/h7-18,25,33-34H,2-6,19-24,26H2,1H3,(H,39,43)/b35-25+. The fraction of sp³-hybridized carbons (Fsp3) is 0.405. The van der Waals surface area contributed by atoms with Crippen LogP contribution in [-0.4, -0.2) is 73.0 Å². The van der Waals surface area contributed by atoms with Crippen LogP contribution >= 0.6 is 0 Å². The number of anilines is 1. The van der Waals surface area contributed by atoms with Crippen molar-refractivity contribution >= 4 is 23.6 Å². The predicted octanol–water partition coefficient (Wildman–Crippen LogP) is 5.79. The molecule has 1 aliphatic carbocycles. The minimum Gasteiger partial charge on any atom is -0.482 e. The molecule has 3 aromatic rings. The Morgan fingerprint density at radius 1 is 0.933 bits per heavy atom. The van der Waals surface area contributed by atoms with Crippen LogP contribution in [0.2, 0.25) is 0 Å². The Morgan fingerprint density at radius 2 is 1.64 bits per heavy atom. The smallest absolute Gasteiger partial charge is 0.289 e. The van der Waals surface area contributed by atoms with Gasteiger partial charge in [0.25, 0.3) is 11.8 Å². The van der Waals surface area contributed by atoms with E-state index in [1.807, 2.05) is 35.2 Å². The van der Waals surface area contributed by atoms with Crippen LogP contribution in [0, 0.1) is 12.7 Å². The fourth-order valence-electron chi connectivity index (χ4n) is 6.62. The number of halogens is 1. The van der Waals surface area contributed by atoms with E-state index >= 15 is 0 Å². The molecule has 3 fully saturated rings. The molecule has 236 valence electrons. The number of nitrogens with zero attached hydrogens (tertiary/aromatic N) is 3. The number of aryl methyl sites for hydroxylation is 1. The number of hydrogen-bond acceptors (Lipinski definition) is 5. The highest BCUT2D eigenvalue weighted by Crippen LogP contribution is 2.34. The van der Waals surface area contributed by atoms with Crippen LogP contribution in [0.25, 0.3) is 6.08 Å². The van der Waals surface area contributed by atoms with Crippen LogP contribution in [0.4, 0.5) is 10.1 Å². The molecule has 8 heteroatoms. The molecule has 6 rings (SSSR count). The van der Waals surface area contributed by atoms with E-state index in [0.717, 1.165) is 81.6 Å². The Labute approximate surface area is 265 Å². The van der Waals surface area contributed by atoms with E-state index in [0.29, 0.717) is 24.4 Å². The second-order valence-electron chi connectivity index (χ2n) is 12.5. The third-order valence-electron chi connectivity index (χ3n) is 9.26. The van der Waals surface area contributed by atoms with Gasteiger partial charge in [-0.1, -0.05) is 48.4 Å². The zero-order valence-electron chi connectivity index (χ0n) is 26.1. The highest BCUT2D eigenvalue weighted by Gasteiger charge is 2.41. The summed E-state index contributed by atoms with van der Waals surface area (Å²) in [6, 6.07) is 22.5. The lowest BCUT2D eigenvalue weighted by Crippen LogP contribution is -2.54. The van der Waals surface area contributed by atoms with Gasteiger partial charge in [-0.2, -0.15) is 0 Å². The molecule has 1 N–H and O–H groups in total. The summed E-state index contributed by atoms with van der Waals surface area (Å²) < 4.78 is 19.5. The summed E-state index contributed by atoms with van der Waals surface area (Å²) in [4.78, 5) is 33.1. The van der Waals surface area contributed by atoms with Gasteiger partial charge in [0.15, 0.2) is 5.76 Å². The molecule has 2 saturated heterocycles. The Balaban J connectivity index is 0.989. The number of morpholine rings is 1. The molecule has 0 bridgehead atoms. The summed E-state index contributed by atoms with van der Waals surface area (Å²) in [7, 11) is 0. The summed E-state index contributed by atoms with van der Waals surface area (Å²) in [6.45, 7) is 7.86. The predicted molar refractivity (Wildman–Crippen MR) is 175 cm³/mol. The van der Waals surface area contributed by atoms with Crippen molar-refractivity contribution < 1.29 is 18.7 Å². The van der Waals surface area contributed by atoms with E-state index in [4.69, 9.17) is 4.74 Å². The van der Waals surface area contributed by atoms with Crippen LogP contribution in [0.5, 0.6) is 0 Å². The van der Waals surface area contributed by atoms with Crippen molar-refractivity contribution in [2.24, 2.45) is 0 Å². The molecule has 2 atom stereocenters.